The minimum Gasteiger partial charge on any atom is -0.496 e. The number of aryl methyl sites for hydroxylation is 1. The maximum Gasteiger partial charge on any atom is 0.417 e. The Morgan fingerprint density at radius 1 is 1.00 bits per heavy atom. The zero-order valence-corrected chi connectivity index (χ0v) is 14.8. The average molecular weight is 354 g/mol. The van der Waals surface area contributed by atoms with Crippen molar-refractivity contribution in [3.05, 3.63) is 53.1 Å². The van der Waals surface area contributed by atoms with Crippen molar-refractivity contribution in [3.8, 4) is 16.9 Å². The molecule has 2 rings (SSSR count). The van der Waals surface area contributed by atoms with Crippen LogP contribution in [-0.4, -0.2) is 20.2 Å². The summed E-state index contributed by atoms with van der Waals surface area (Å²) in [4.78, 5) is 11.5. The van der Waals surface area contributed by atoms with Crippen molar-refractivity contribution in [1.29, 1.82) is 0 Å². The third-order valence-electron chi connectivity index (χ3n) is 3.45. The number of rotatable bonds is 3. The molecule has 0 aliphatic heterocycles. The number of methoxy groups -OCH3 is 2. The molecular formula is C19H21F3O3. The molecule has 2 aromatic carbocycles. The van der Waals surface area contributed by atoms with Gasteiger partial charge < -0.3 is 9.47 Å². The van der Waals surface area contributed by atoms with Gasteiger partial charge in [0.05, 0.1) is 25.3 Å². The highest BCUT2D eigenvalue weighted by Crippen LogP contribution is 2.38. The first-order chi connectivity index (χ1) is 11.8. The van der Waals surface area contributed by atoms with Crippen molar-refractivity contribution in [2.75, 3.05) is 14.2 Å². The maximum absolute atomic E-state index is 13.4. The topological polar surface area (TPSA) is 35.5 Å². The van der Waals surface area contributed by atoms with Gasteiger partial charge in [-0.2, -0.15) is 13.2 Å². The number of hydrogen-bond acceptors (Lipinski definition) is 3. The molecule has 0 bridgehead atoms. The molecule has 25 heavy (non-hydrogen) atoms. The van der Waals surface area contributed by atoms with Gasteiger partial charge in [-0.25, -0.2) is 4.79 Å². The van der Waals surface area contributed by atoms with Crippen molar-refractivity contribution in [1.82, 2.24) is 0 Å². The van der Waals surface area contributed by atoms with E-state index in [9.17, 15) is 18.0 Å². The molecule has 0 aromatic heterocycles. The largest absolute Gasteiger partial charge is 0.496 e. The van der Waals surface area contributed by atoms with Crippen LogP contribution in [0.15, 0.2) is 36.4 Å². The monoisotopic (exact) mass is 354 g/mol. The van der Waals surface area contributed by atoms with E-state index in [4.69, 9.17) is 4.74 Å². The minimum absolute atomic E-state index is 0.00379. The van der Waals surface area contributed by atoms with E-state index in [-0.39, 0.29) is 11.1 Å². The SMILES string of the molecule is CC.COC(=O)c1ccc(-c2ccc(OC)c(C)c2)c(C(F)(F)F)c1. The highest BCUT2D eigenvalue weighted by Gasteiger charge is 2.34. The lowest BCUT2D eigenvalue weighted by Crippen LogP contribution is -2.10. The summed E-state index contributed by atoms with van der Waals surface area (Å²) < 4.78 is 49.6. The summed E-state index contributed by atoms with van der Waals surface area (Å²) in [5, 5.41) is 0. The van der Waals surface area contributed by atoms with Crippen molar-refractivity contribution in [2.45, 2.75) is 26.9 Å². The Morgan fingerprint density at radius 2 is 1.64 bits per heavy atom. The van der Waals surface area contributed by atoms with Crippen molar-refractivity contribution < 1.29 is 27.4 Å². The molecular weight excluding hydrogens is 333 g/mol. The number of hydrogen-bond donors (Lipinski definition) is 0. The Morgan fingerprint density at radius 3 is 2.12 bits per heavy atom. The summed E-state index contributed by atoms with van der Waals surface area (Å²) in [5.41, 5.74) is 0.0805. The van der Waals surface area contributed by atoms with Gasteiger partial charge in [0.25, 0.3) is 0 Å². The fourth-order valence-corrected chi connectivity index (χ4v) is 2.32. The van der Waals surface area contributed by atoms with E-state index in [0.717, 1.165) is 18.7 Å². The number of alkyl halides is 3. The van der Waals surface area contributed by atoms with Crippen LogP contribution in [0.3, 0.4) is 0 Å². The van der Waals surface area contributed by atoms with Crippen LogP contribution in [0, 0.1) is 6.92 Å². The lowest BCUT2D eigenvalue weighted by atomic mass is 9.95. The lowest BCUT2D eigenvalue weighted by molar-refractivity contribution is -0.137. The Balaban J connectivity index is 0.00000151. The number of esters is 1. The molecule has 0 aliphatic carbocycles. The predicted molar refractivity (Wildman–Crippen MR) is 90.9 cm³/mol. The normalized spacial score (nSPS) is 10.6. The van der Waals surface area contributed by atoms with Crippen LogP contribution in [0.1, 0.15) is 35.3 Å². The molecule has 0 amide bonds. The first kappa shape index (κ1) is 20.5. The van der Waals surface area contributed by atoms with Gasteiger partial charge in [-0.3, -0.25) is 0 Å². The van der Waals surface area contributed by atoms with Crippen LogP contribution in [0.25, 0.3) is 11.1 Å². The third kappa shape index (κ3) is 4.75. The van der Waals surface area contributed by atoms with Crippen LogP contribution in [0.4, 0.5) is 13.2 Å². The molecule has 0 unspecified atom stereocenters. The molecule has 0 spiro atoms. The van der Waals surface area contributed by atoms with E-state index in [1.54, 1.807) is 25.1 Å². The van der Waals surface area contributed by atoms with Gasteiger partial charge in [0.2, 0.25) is 0 Å². The summed E-state index contributed by atoms with van der Waals surface area (Å²) in [6.45, 7) is 5.75. The van der Waals surface area contributed by atoms with Crippen LogP contribution < -0.4 is 4.74 Å². The molecule has 136 valence electrons. The van der Waals surface area contributed by atoms with Gasteiger partial charge >= 0.3 is 12.1 Å². The number of ether oxygens (including phenoxy) is 2. The maximum atomic E-state index is 13.4. The molecule has 0 aliphatic rings. The number of halogens is 3. The number of carbonyl (C=O) groups is 1. The number of carbonyl (C=O) groups excluding carboxylic acids is 1. The van der Waals surface area contributed by atoms with Crippen LogP contribution in [0.2, 0.25) is 0 Å². The quantitative estimate of drug-likeness (QED) is 0.683. The molecule has 2 aromatic rings. The second kappa shape index (κ2) is 8.55. The van der Waals surface area contributed by atoms with E-state index >= 15 is 0 Å². The molecule has 3 nitrogen and oxygen atoms in total. The van der Waals surface area contributed by atoms with E-state index in [1.807, 2.05) is 13.8 Å². The summed E-state index contributed by atoms with van der Waals surface area (Å²) in [7, 11) is 2.62. The fourth-order valence-electron chi connectivity index (χ4n) is 2.32. The van der Waals surface area contributed by atoms with E-state index in [1.165, 1.54) is 19.2 Å². The zero-order valence-electron chi connectivity index (χ0n) is 14.8. The van der Waals surface area contributed by atoms with Gasteiger partial charge in [0.1, 0.15) is 5.75 Å². The standard InChI is InChI=1S/C17H15F3O3.C2H6/c1-10-8-11(5-7-15(10)22-2)13-6-4-12(16(21)23-3)9-14(13)17(18,19)20;1-2/h4-9H,1-3H3;1-2H3. The molecule has 0 atom stereocenters. The smallest absolute Gasteiger partial charge is 0.417 e. The third-order valence-corrected chi connectivity index (χ3v) is 3.45. The molecule has 0 heterocycles. The summed E-state index contributed by atoms with van der Waals surface area (Å²) in [6, 6.07) is 8.17. The van der Waals surface area contributed by atoms with E-state index in [0.29, 0.717) is 11.3 Å². The van der Waals surface area contributed by atoms with Crippen LogP contribution in [0.5, 0.6) is 5.75 Å². The van der Waals surface area contributed by atoms with Crippen LogP contribution >= 0.6 is 0 Å². The first-order valence-electron chi connectivity index (χ1n) is 7.72. The molecule has 0 saturated carbocycles. The van der Waals surface area contributed by atoms with Gasteiger partial charge in [-0.1, -0.05) is 26.0 Å². The molecule has 0 radical (unpaired) electrons. The van der Waals surface area contributed by atoms with Crippen molar-refractivity contribution in [2.24, 2.45) is 0 Å². The summed E-state index contributed by atoms with van der Waals surface area (Å²) >= 11 is 0. The lowest BCUT2D eigenvalue weighted by Gasteiger charge is -2.15. The summed E-state index contributed by atoms with van der Waals surface area (Å²) in [6.07, 6.45) is -4.59. The second-order valence-corrected chi connectivity index (χ2v) is 4.93. The molecule has 0 N–H and O–H groups in total. The van der Waals surface area contributed by atoms with E-state index < -0.39 is 17.7 Å². The predicted octanol–water partition coefficient (Wildman–Crippen LogP) is 5.50. The number of benzene rings is 2. The Kier molecular flexibility index (Phi) is 7.03. The molecule has 0 saturated heterocycles. The zero-order chi connectivity index (χ0) is 19.2. The highest BCUT2D eigenvalue weighted by atomic mass is 19.4. The van der Waals surface area contributed by atoms with Crippen molar-refractivity contribution >= 4 is 5.97 Å². The Bertz CT molecular complexity index is 737. The first-order valence-corrected chi connectivity index (χ1v) is 7.72. The van der Waals surface area contributed by atoms with Gasteiger partial charge in [0, 0.05) is 0 Å². The highest BCUT2D eigenvalue weighted by molar-refractivity contribution is 5.90. The second-order valence-electron chi connectivity index (χ2n) is 4.93. The van der Waals surface area contributed by atoms with Gasteiger partial charge in [-0.05, 0) is 47.9 Å². The van der Waals surface area contributed by atoms with Gasteiger partial charge in [0.15, 0.2) is 0 Å². The average Bonchev–Trinajstić information content (AvgIpc) is 2.61. The van der Waals surface area contributed by atoms with Crippen LogP contribution in [-0.2, 0) is 10.9 Å². The Labute approximate surface area is 145 Å². The summed E-state index contributed by atoms with van der Waals surface area (Å²) in [5.74, 6) is -0.221. The molecule has 0 fully saturated rings. The minimum atomic E-state index is -4.59. The van der Waals surface area contributed by atoms with Crippen molar-refractivity contribution in [3.63, 3.8) is 0 Å². The van der Waals surface area contributed by atoms with E-state index in [2.05, 4.69) is 4.74 Å². The molecule has 6 heteroatoms. The van der Waals surface area contributed by atoms with Gasteiger partial charge in [-0.15, -0.1) is 0 Å². The fraction of sp³-hybridized carbons (Fsp3) is 0.316. The Hall–Kier alpha value is -2.50.